The number of carbonyl (C=O) groups excluding carboxylic acids is 2. The SMILES string of the molecule is O=C1CCN(C(=O)c2ccc(F)c(F)c2F)CC1. The van der Waals surface area contributed by atoms with Crippen LogP contribution in [0, 0.1) is 17.5 Å². The third-order valence-electron chi connectivity index (χ3n) is 2.87. The van der Waals surface area contributed by atoms with Gasteiger partial charge in [-0.1, -0.05) is 0 Å². The standard InChI is InChI=1S/C12H10F3NO2/c13-9-2-1-8(10(14)11(9)15)12(18)16-5-3-7(17)4-6-16/h1-2H,3-6H2. The number of nitrogens with zero attached hydrogens (tertiary/aromatic N) is 1. The Morgan fingerprint density at radius 3 is 2.28 bits per heavy atom. The van der Waals surface area contributed by atoms with Gasteiger partial charge in [0.05, 0.1) is 5.56 Å². The number of benzene rings is 1. The van der Waals surface area contributed by atoms with Gasteiger partial charge in [0.2, 0.25) is 0 Å². The van der Waals surface area contributed by atoms with Crippen LogP contribution in [0.2, 0.25) is 0 Å². The van der Waals surface area contributed by atoms with E-state index in [2.05, 4.69) is 0 Å². The van der Waals surface area contributed by atoms with E-state index in [9.17, 15) is 22.8 Å². The Labute approximate surface area is 101 Å². The Bertz CT molecular complexity index is 506. The molecule has 0 atom stereocenters. The molecule has 0 aromatic heterocycles. The molecule has 0 radical (unpaired) electrons. The van der Waals surface area contributed by atoms with Gasteiger partial charge in [0.25, 0.3) is 5.91 Å². The van der Waals surface area contributed by atoms with Crippen LogP contribution < -0.4 is 0 Å². The lowest BCUT2D eigenvalue weighted by Gasteiger charge is -2.26. The predicted octanol–water partition coefficient (Wildman–Crippen LogP) is 1.91. The number of carbonyl (C=O) groups is 2. The molecule has 96 valence electrons. The number of ketones is 1. The summed E-state index contributed by atoms with van der Waals surface area (Å²) in [6, 6.07) is 1.62. The fourth-order valence-electron chi connectivity index (χ4n) is 1.82. The van der Waals surface area contributed by atoms with Gasteiger partial charge in [-0.15, -0.1) is 0 Å². The minimum Gasteiger partial charge on any atom is -0.338 e. The molecular weight excluding hydrogens is 247 g/mol. The lowest BCUT2D eigenvalue weighted by atomic mass is 10.1. The van der Waals surface area contributed by atoms with Crippen LogP contribution in [0.4, 0.5) is 13.2 Å². The zero-order chi connectivity index (χ0) is 13.3. The van der Waals surface area contributed by atoms with Crippen LogP contribution in [0.25, 0.3) is 0 Å². The van der Waals surface area contributed by atoms with Gasteiger partial charge in [0.15, 0.2) is 17.5 Å². The van der Waals surface area contributed by atoms with E-state index in [0.29, 0.717) is 6.07 Å². The maximum absolute atomic E-state index is 13.4. The van der Waals surface area contributed by atoms with E-state index in [0.717, 1.165) is 6.07 Å². The van der Waals surface area contributed by atoms with E-state index < -0.39 is 28.9 Å². The van der Waals surface area contributed by atoms with Crippen molar-refractivity contribution in [2.45, 2.75) is 12.8 Å². The predicted molar refractivity (Wildman–Crippen MR) is 56.5 cm³/mol. The second-order valence-electron chi connectivity index (χ2n) is 4.05. The van der Waals surface area contributed by atoms with Crippen molar-refractivity contribution in [3.8, 4) is 0 Å². The third-order valence-corrected chi connectivity index (χ3v) is 2.87. The minimum absolute atomic E-state index is 0.0322. The first-order valence-electron chi connectivity index (χ1n) is 5.45. The van der Waals surface area contributed by atoms with Gasteiger partial charge in [-0.2, -0.15) is 0 Å². The molecular formula is C12H10F3NO2. The molecule has 0 saturated carbocycles. The van der Waals surface area contributed by atoms with Crippen LogP contribution in [0.5, 0.6) is 0 Å². The molecule has 3 nitrogen and oxygen atoms in total. The molecule has 2 rings (SSSR count). The number of rotatable bonds is 1. The molecule has 1 heterocycles. The van der Waals surface area contributed by atoms with Crippen molar-refractivity contribution >= 4 is 11.7 Å². The van der Waals surface area contributed by atoms with Crippen molar-refractivity contribution in [1.29, 1.82) is 0 Å². The molecule has 1 amide bonds. The molecule has 1 aromatic carbocycles. The number of halogens is 3. The molecule has 0 unspecified atom stereocenters. The molecule has 0 bridgehead atoms. The van der Waals surface area contributed by atoms with Crippen LogP contribution in [0.15, 0.2) is 12.1 Å². The summed E-state index contributed by atoms with van der Waals surface area (Å²) in [6.45, 7) is 0.353. The summed E-state index contributed by atoms with van der Waals surface area (Å²) in [5.41, 5.74) is -0.511. The molecule has 0 spiro atoms. The summed E-state index contributed by atoms with van der Waals surface area (Å²) in [5, 5.41) is 0. The highest BCUT2D eigenvalue weighted by Crippen LogP contribution is 2.18. The monoisotopic (exact) mass is 257 g/mol. The van der Waals surface area contributed by atoms with E-state index in [-0.39, 0.29) is 31.7 Å². The second-order valence-corrected chi connectivity index (χ2v) is 4.05. The fraction of sp³-hybridized carbons (Fsp3) is 0.333. The molecule has 1 aliphatic heterocycles. The highest BCUT2D eigenvalue weighted by Gasteiger charge is 2.26. The summed E-state index contributed by atoms with van der Waals surface area (Å²) >= 11 is 0. The summed E-state index contributed by atoms with van der Waals surface area (Å²) in [7, 11) is 0. The fourth-order valence-corrected chi connectivity index (χ4v) is 1.82. The van der Waals surface area contributed by atoms with E-state index in [1.807, 2.05) is 0 Å². The molecule has 18 heavy (non-hydrogen) atoms. The molecule has 1 aliphatic rings. The Morgan fingerprint density at radius 1 is 1.06 bits per heavy atom. The highest BCUT2D eigenvalue weighted by atomic mass is 19.2. The molecule has 1 aromatic rings. The Balaban J connectivity index is 2.24. The zero-order valence-corrected chi connectivity index (χ0v) is 9.38. The van der Waals surface area contributed by atoms with Crippen LogP contribution >= 0.6 is 0 Å². The van der Waals surface area contributed by atoms with Gasteiger partial charge in [-0.05, 0) is 12.1 Å². The largest absolute Gasteiger partial charge is 0.338 e. The van der Waals surface area contributed by atoms with Gasteiger partial charge < -0.3 is 4.90 Å². The minimum atomic E-state index is -1.66. The van der Waals surface area contributed by atoms with Gasteiger partial charge in [-0.3, -0.25) is 9.59 Å². The Morgan fingerprint density at radius 2 is 1.67 bits per heavy atom. The molecule has 1 fully saturated rings. The normalized spacial score (nSPS) is 15.9. The van der Waals surface area contributed by atoms with E-state index >= 15 is 0 Å². The quantitative estimate of drug-likeness (QED) is 0.721. The molecule has 0 N–H and O–H groups in total. The van der Waals surface area contributed by atoms with Crippen molar-refractivity contribution in [2.24, 2.45) is 0 Å². The number of Topliss-reactive ketones (excluding diaryl/α,β-unsaturated/α-hetero) is 1. The van der Waals surface area contributed by atoms with E-state index in [1.54, 1.807) is 0 Å². The molecule has 6 heteroatoms. The first-order chi connectivity index (χ1) is 8.50. The Hall–Kier alpha value is -1.85. The van der Waals surface area contributed by atoms with Gasteiger partial charge in [-0.25, -0.2) is 13.2 Å². The zero-order valence-electron chi connectivity index (χ0n) is 9.38. The number of hydrogen-bond donors (Lipinski definition) is 0. The van der Waals surface area contributed by atoms with E-state index in [1.165, 1.54) is 4.90 Å². The van der Waals surface area contributed by atoms with Crippen molar-refractivity contribution < 1.29 is 22.8 Å². The maximum atomic E-state index is 13.4. The third kappa shape index (κ3) is 2.23. The van der Waals surface area contributed by atoms with E-state index in [4.69, 9.17) is 0 Å². The van der Waals surface area contributed by atoms with Crippen molar-refractivity contribution in [3.63, 3.8) is 0 Å². The summed E-state index contributed by atoms with van der Waals surface area (Å²) in [6.07, 6.45) is 0.411. The van der Waals surface area contributed by atoms with Crippen molar-refractivity contribution in [3.05, 3.63) is 35.1 Å². The van der Waals surface area contributed by atoms with Gasteiger partial charge in [0.1, 0.15) is 5.78 Å². The topological polar surface area (TPSA) is 37.4 Å². The number of piperidine rings is 1. The van der Waals surface area contributed by atoms with Crippen molar-refractivity contribution in [2.75, 3.05) is 13.1 Å². The van der Waals surface area contributed by atoms with Gasteiger partial charge in [0, 0.05) is 25.9 Å². The number of amides is 1. The average Bonchev–Trinajstić information content (AvgIpc) is 2.36. The maximum Gasteiger partial charge on any atom is 0.256 e. The first kappa shape index (κ1) is 12.6. The van der Waals surface area contributed by atoms with Crippen LogP contribution in [-0.4, -0.2) is 29.7 Å². The van der Waals surface area contributed by atoms with Crippen LogP contribution in [0.3, 0.4) is 0 Å². The lowest BCUT2D eigenvalue weighted by molar-refractivity contribution is -0.120. The number of likely N-dealkylation sites (tertiary alicyclic amines) is 1. The first-order valence-corrected chi connectivity index (χ1v) is 5.45. The average molecular weight is 257 g/mol. The number of hydrogen-bond acceptors (Lipinski definition) is 2. The van der Waals surface area contributed by atoms with Crippen LogP contribution in [0.1, 0.15) is 23.2 Å². The van der Waals surface area contributed by atoms with Crippen molar-refractivity contribution in [1.82, 2.24) is 4.90 Å². The highest BCUT2D eigenvalue weighted by molar-refractivity contribution is 5.95. The summed E-state index contributed by atoms with van der Waals surface area (Å²) in [4.78, 5) is 24.1. The molecule has 0 aliphatic carbocycles. The summed E-state index contributed by atoms with van der Waals surface area (Å²) < 4.78 is 39.2. The summed E-state index contributed by atoms with van der Waals surface area (Å²) in [5.74, 6) is -5.17. The Kier molecular flexibility index (Phi) is 3.36. The van der Waals surface area contributed by atoms with Crippen LogP contribution in [-0.2, 0) is 4.79 Å². The molecule has 1 saturated heterocycles. The lowest BCUT2D eigenvalue weighted by Crippen LogP contribution is -2.39. The van der Waals surface area contributed by atoms with Gasteiger partial charge >= 0.3 is 0 Å². The second kappa shape index (κ2) is 4.80. The smallest absolute Gasteiger partial charge is 0.256 e.